The molecule has 1 aromatic rings. The molecule has 18 heavy (non-hydrogen) atoms. The summed E-state index contributed by atoms with van der Waals surface area (Å²) in [6.07, 6.45) is 3.55. The summed E-state index contributed by atoms with van der Waals surface area (Å²) in [5.41, 5.74) is 1.24. The molecular weight excluding hydrogens is 228 g/mol. The van der Waals surface area contributed by atoms with Crippen molar-refractivity contribution in [2.75, 3.05) is 12.4 Å². The zero-order chi connectivity index (χ0) is 13.0. The van der Waals surface area contributed by atoms with Crippen molar-refractivity contribution in [1.29, 1.82) is 5.26 Å². The first-order valence-electron chi connectivity index (χ1n) is 6.28. The third kappa shape index (κ3) is 2.57. The predicted octanol–water partition coefficient (Wildman–Crippen LogP) is 2.28. The lowest BCUT2D eigenvalue weighted by Gasteiger charge is -2.30. The van der Waals surface area contributed by atoms with Crippen LogP contribution in [0.4, 0.5) is 5.69 Å². The van der Waals surface area contributed by atoms with E-state index in [0.717, 1.165) is 25.7 Å². The molecule has 0 bridgehead atoms. The molecule has 4 nitrogen and oxygen atoms in total. The maximum absolute atomic E-state index is 9.97. The van der Waals surface area contributed by atoms with Crippen molar-refractivity contribution in [2.24, 2.45) is 0 Å². The number of aliphatic hydroxyl groups excluding tert-OH is 1. The van der Waals surface area contributed by atoms with Gasteiger partial charge in [-0.1, -0.05) is 18.9 Å². The highest BCUT2D eigenvalue weighted by Gasteiger charge is 2.24. The van der Waals surface area contributed by atoms with Crippen LogP contribution in [0.15, 0.2) is 18.2 Å². The number of nitrogens with one attached hydrogen (secondary N) is 1. The number of nitrogens with zero attached hydrogens (tertiary/aromatic N) is 1. The molecule has 2 rings (SSSR count). The Balaban J connectivity index is 2.24. The zero-order valence-electron chi connectivity index (χ0n) is 10.5. The number of aliphatic hydroxyl groups is 1. The van der Waals surface area contributed by atoms with Crippen molar-refractivity contribution in [2.45, 2.75) is 37.8 Å². The molecular formula is C14H18N2O2. The van der Waals surface area contributed by atoms with E-state index < -0.39 is 0 Å². The lowest BCUT2D eigenvalue weighted by atomic mass is 9.92. The Bertz CT molecular complexity index is 454. The van der Waals surface area contributed by atoms with Crippen molar-refractivity contribution in [1.82, 2.24) is 0 Å². The van der Waals surface area contributed by atoms with Gasteiger partial charge < -0.3 is 15.2 Å². The van der Waals surface area contributed by atoms with Crippen LogP contribution in [-0.2, 0) is 0 Å². The third-order valence-corrected chi connectivity index (χ3v) is 3.43. The lowest BCUT2D eigenvalue weighted by Crippen LogP contribution is -2.36. The summed E-state index contributed by atoms with van der Waals surface area (Å²) in [7, 11) is 1.58. The molecule has 0 heterocycles. The van der Waals surface area contributed by atoms with E-state index in [0.29, 0.717) is 17.0 Å². The van der Waals surface area contributed by atoms with Gasteiger partial charge in [-0.2, -0.15) is 5.26 Å². The number of nitriles is 1. The average Bonchev–Trinajstić information content (AvgIpc) is 2.41. The third-order valence-electron chi connectivity index (χ3n) is 3.43. The molecule has 2 atom stereocenters. The predicted molar refractivity (Wildman–Crippen MR) is 69.6 cm³/mol. The van der Waals surface area contributed by atoms with Crippen LogP contribution in [0.1, 0.15) is 31.2 Å². The number of hydrogen-bond donors (Lipinski definition) is 2. The molecule has 0 unspecified atom stereocenters. The van der Waals surface area contributed by atoms with E-state index in [1.54, 1.807) is 19.2 Å². The fourth-order valence-corrected chi connectivity index (χ4v) is 2.41. The molecule has 0 aliphatic heterocycles. The number of methoxy groups -OCH3 is 1. The summed E-state index contributed by atoms with van der Waals surface area (Å²) in [6, 6.07) is 7.51. The Hall–Kier alpha value is -1.73. The van der Waals surface area contributed by atoms with E-state index in [1.165, 1.54) is 0 Å². The minimum atomic E-state index is -0.352. The number of para-hydroxylation sites is 1. The van der Waals surface area contributed by atoms with Gasteiger partial charge in [-0.25, -0.2) is 0 Å². The van der Waals surface area contributed by atoms with Crippen molar-refractivity contribution in [3.05, 3.63) is 23.8 Å². The summed E-state index contributed by atoms with van der Waals surface area (Å²) < 4.78 is 5.27. The van der Waals surface area contributed by atoms with Gasteiger partial charge in [-0.3, -0.25) is 0 Å². The van der Waals surface area contributed by atoms with Crippen LogP contribution in [0.2, 0.25) is 0 Å². The van der Waals surface area contributed by atoms with Crippen LogP contribution >= 0.6 is 0 Å². The van der Waals surface area contributed by atoms with Crippen molar-refractivity contribution >= 4 is 5.69 Å². The van der Waals surface area contributed by atoms with Gasteiger partial charge in [-0.05, 0) is 25.0 Å². The van der Waals surface area contributed by atoms with Crippen LogP contribution in [0.25, 0.3) is 0 Å². The molecule has 0 saturated heterocycles. The molecule has 4 heteroatoms. The zero-order valence-corrected chi connectivity index (χ0v) is 10.5. The molecule has 1 aromatic carbocycles. The molecule has 96 valence electrons. The summed E-state index contributed by atoms with van der Waals surface area (Å²) in [6.45, 7) is 0. The first-order chi connectivity index (χ1) is 8.76. The van der Waals surface area contributed by atoms with Crippen molar-refractivity contribution in [3.63, 3.8) is 0 Å². The van der Waals surface area contributed by atoms with Gasteiger partial charge in [-0.15, -0.1) is 0 Å². The maximum atomic E-state index is 9.97. The second-order valence-electron chi connectivity index (χ2n) is 4.60. The van der Waals surface area contributed by atoms with Gasteiger partial charge in [0.05, 0.1) is 30.5 Å². The maximum Gasteiger partial charge on any atom is 0.143 e. The van der Waals surface area contributed by atoms with Gasteiger partial charge in [0.25, 0.3) is 0 Å². The SMILES string of the molecule is COc1cccc(C#N)c1N[C@@H]1CCCC[C@H]1O. The van der Waals surface area contributed by atoms with Gasteiger partial charge in [0.2, 0.25) is 0 Å². The van der Waals surface area contributed by atoms with E-state index >= 15 is 0 Å². The Morgan fingerprint density at radius 2 is 2.17 bits per heavy atom. The molecule has 0 spiro atoms. The van der Waals surface area contributed by atoms with Gasteiger partial charge in [0, 0.05) is 0 Å². The molecule has 0 aromatic heterocycles. The highest BCUT2D eigenvalue weighted by molar-refractivity contribution is 5.66. The minimum absolute atomic E-state index is 0.00199. The topological polar surface area (TPSA) is 65.3 Å². The van der Waals surface area contributed by atoms with Gasteiger partial charge >= 0.3 is 0 Å². The highest BCUT2D eigenvalue weighted by atomic mass is 16.5. The Morgan fingerprint density at radius 3 is 2.83 bits per heavy atom. The first-order valence-corrected chi connectivity index (χ1v) is 6.28. The van der Waals surface area contributed by atoms with Crippen LogP contribution < -0.4 is 10.1 Å². The largest absolute Gasteiger partial charge is 0.495 e. The summed E-state index contributed by atoms with van der Waals surface area (Å²) in [5, 5.41) is 22.4. The van der Waals surface area contributed by atoms with Crippen LogP contribution in [-0.4, -0.2) is 24.4 Å². The Morgan fingerprint density at radius 1 is 1.39 bits per heavy atom. The fraction of sp³-hybridized carbons (Fsp3) is 0.500. The van der Waals surface area contributed by atoms with Crippen LogP contribution in [0.3, 0.4) is 0 Å². The fourth-order valence-electron chi connectivity index (χ4n) is 2.41. The number of anilines is 1. The Kier molecular flexibility index (Phi) is 4.06. The average molecular weight is 246 g/mol. The summed E-state index contributed by atoms with van der Waals surface area (Å²) in [5.74, 6) is 0.645. The second-order valence-corrected chi connectivity index (χ2v) is 4.60. The molecule has 0 radical (unpaired) electrons. The Labute approximate surface area is 107 Å². The summed E-state index contributed by atoms with van der Waals surface area (Å²) >= 11 is 0. The number of benzene rings is 1. The molecule has 1 fully saturated rings. The van der Waals surface area contributed by atoms with E-state index in [2.05, 4.69) is 11.4 Å². The van der Waals surface area contributed by atoms with Gasteiger partial charge in [0.1, 0.15) is 11.8 Å². The lowest BCUT2D eigenvalue weighted by molar-refractivity contribution is 0.116. The quantitative estimate of drug-likeness (QED) is 0.858. The number of hydrogen-bond acceptors (Lipinski definition) is 4. The van der Waals surface area contributed by atoms with E-state index in [9.17, 15) is 5.11 Å². The minimum Gasteiger partial charge on any atom is -0.495 e. The van der Waals surface area contributed by atoms with E-state index in [4.69, 9.17) is 10.00 Å². The second kappa shape index (κ2) is 5.74. The molecule has 1 saturated carbocycles. The smallest absolute Gasteiger partial charge is 0.143 e. The van der Waals surface area contributed by atoms with Crippen molar-refractivity contribution < 1.29 is 9.84 Å². The highest BCUT2D eigenvalue weighted by Crippen LogP contribution is 2.31. The summed E-state index contributed by atoms with van der Waals surface area (Å²) in [4.78, 5) is 0. The van der Waals surface area contributed by atoms with E-state index in [-0.39, 0.29) is 12.1 Å². The normalized spacial score (nSPS) is 23.2. The van der Waals surface area contributed by atoms with Crippen LogP contribution in [0.5, 0.6) is 5.75 Å². The van der Waals surface area contributed by atoms with Crippen LogP contribution in [0, 0.1) is 11.3 Å². The molecule has 0 amide bonds. The monoisotopic (exact) mass is 246 g/mol. The first kappa shape index (κ1) is 12.7. The number of rotatable bonds is 3. The number of ether oxygens (including phenoxy) is 1. The van der Waals surface area contributed by atoms with E-state index in [1.807, 2.05) is 6.07 Å². The molecule has 2 N–H and O–H groups in total. The molecule has 1 aliphatic carbocycles. The van der Waals surface area contributed by atoms with Crippen molar-refractivity contribution in [3.8, 4) is 11.8 Å². The standard InChI is InChI=1S/C14H18N2O2/c1-18-13-8-4-5-10(9-15)14(13)16-11-6-2-3-7-12(11)17/h4-5,8,11-12,16-17H,2-3,6-7H2,1H3/t11-,12-/m1/s1. The molecule has 1 aliphatic rings. The van der Waals surface area contributed by atoms with Gasteiger partial charge in [0.15, 0.2) is 0 Å².